The van der Waals surface area contributed by atoms with Crippen molar-refractivity contribution >= 4 is 5.96 Å². The lowest BCUT2D eigenvalue weighted by atomic mass is 10.0. The first-order chi connectivity index (χ1) is 13.2. The maximum atomic E-state index is 13.8. The minimum atomic E-state index is -0.226. The number of nitrogens with zero attached hydrogens (tertiary/aromatic N) is 5. The summed E-state index contributed by atoms with van der Waals surface area (Å²) in [5, 5.41) is 10.6. The Balaban J connectivity index is 1.64. The number of nitrogens with one attached hydrogen (secondary N) is 2. The molecule has 0 aliphatic carbocycles. The Morgan fingerprint density at radius 3 is 2.81 bits per heavy atom. The predicted octanol–water partition coefficient (Wildman–Crippen LogP) is 0.693. The van der Waals surface area contributed by atoms with Gasteiger partial charge in [0.1, 0.15) is 18.0 Å². The first kappa shape index (κ1) is 19.2. The number of rotatable bonds is 6. The molecule has 27 heavy (non-hydrogen) atoms. The van der Waals surface area contributed by atoms with Crippen molar-refractivity contribution < 1.29 is 9.13 Å². The smallest absolute Gasteiger partial charge is 0.191 e. The number of ether oxygens (including phenoxy) is 1. The van der Waals surface area contributed by atoms with Gasteiger partial charge in [-0.2, -0.15) is 5.10 Å². The molecule has 3 rings (SSSR count). The molecule has 1 unspecified atom stereocenters. The molecule has 1 saturated heterocycles. The van der Waals surface area contributed by atoms with E-state index in [4.69, 9.17) is 4.74 Å². The Morgan fingerprint density at radius 2 is 2.15 bits per heavy atom. The first-order valence-corrected chi connectivity index (χ1v) is 9.02. The van der Waals surface area contributed by atoms with Gasteiger partial charge in [-0.3, -0.25) is 14.6 Å². The number of hydrogen-bond donors (Lipinski definition) is 2. The van der Waals surface area contributed by atoms with Gasteiger partial charge in [-0.1, -0.05) is 12.1 Å². The number of morpholine rings is 1. The maximum absolute atomic E-state index is 13.8. The summed E-state index contributed by atoms with van der Waals surface area (Å²) in [5.74, 6) is 1.25. The number of guanidine groups is 1. The molecular formula is C18H26FN7O. The van der Waals surface area contributed by atoms with Crippen molar-refractivity contribution in [3.8, 4) is 0 Å². The molecule has 0 bridgehead atoms. The standard InChI is InChI=1S/C18H26FN7O/c1-20-18(22-12-17-23-13-24-25(17)2)21-11-16(26-6-8-27-9-7-26)14-4-3-5-15(19)10-14/h3-5,10,13,16H,6-9,11-12H2,1-2H3,(H2,20,21,22). The van der Waals surface area contributed by atoms with Crippen LogP contribution in [0.5, 0.6) is 0 Å². The molecule has 9 heteroatoms. The lowest BCUT2D eigenvalue weighted by molar-refractivity contribution is 0.0169. The van der Waals surface area contributed by atoms with Gasteiger partial charge >= 0.3 is 0 Å². The van der Waals surface area contributed by atoms with Crippen molar-refractivity contribution in [3.63, 3.8) is 0 Å². The van der Waals surface area contributed by atoms with E-state index in [1.807, 2.05) is 13.1 Å². The highest BCUT2D eigenvalue weighted by Gasteiger charge is 2.23. The molecule has 0 saturated carbocycles. The Morgan fingerprint density at radius 1 is 1.33 bits per heavy atom. The summed E-state index contributed by atoms with van der Waals surface area (Å²) in [7, 11) is 3.57. The Bertz CT molecular complexity index is 758. The van der Waals surface area contributed by atoms with Gasteiger partial charge in [-0.15, -0.1) is 0 Å². The van der Waals surface area contributed by atoms with Gasteiger partial charge < -0.3 is 15.4 Å². The van der Waals surface area contributed by atoms with Crippen LogP contribution in [0, 0.1) is 5.82 Å². The summed E-state index contributed by atoms with van der Waals surface area (Å²) in [6.07, 6.45) is 1.52. The van der Waals surface area contributed by atoms with Crippen molar-refractivity contribution in [3.05, 3.63) is 47.8 Å². The summed E-state index contributed by atoms with van der Waals surface area (Å²) >= 11 is 0. The van der Waals surface area contributed by atoms with Gasteiger partial charge in [0.25, 0.3) is 0 Å². The van der Waals surface area contributed by atoms with E-state index >= 15 is 0 Å². The molecule has 1 aromatic carbocycles. The molecule has 2 heterocycles. The molecular weight excluding hydrogens is 349 g/mol. The van der Waals surface area contributed by atoms with E-state index in [1.54, 1.807) is 23.9 Å². The fourth-order valence-electron chi connectivity index (χ4n) is 3.12. The largest absolute Gasteiger partial charge is 0.379 e. The third kappa shape index (κ3) is 5.24. The van der Waals surface area contributed by atoms with E-state index in [1.165, 1.54) is 12.4 Å². The average molecular weight is 375 g/mol. The quantitative estimate of drug-likeness (QED) is 0.571. The van der Waals surface area contributed by atoms with Gasteiger partial charge in [0.15, 0.2) is 5.96 Å². The minimum absolute atomic E-state index is 0.0259. The van der Waals surface area contributed by atoms with E-state index in [2.05, 4.69) is 30.6 Å². The van der Waals surface area contributed by atoms with Crippen molar-refractivity contribution in [2.75, 3.05) is 39.9 Å². The van der Waals surface area contributed by atoms with Crippen molar-refractivity contribution in [1.29, 1.82) is 0 Å². The lowest BCUT2D eigenvalue weighted by Gasteiger charge is -2.35. The second kappa shape index (κ2) is 9.43. The second-order valence-electron chi connectivity index (χ2n) is 6.33. The summed E-state index contributed by atoms with van der Waals surface area (Å²) in [4.78, 5) is 10.8. The highest BCUT2D eigenvalue weighted by atomic mass is 19.1. The van der Waals surface area contributed by atoms with Gasteiger partial charge in [0.05, 0.1) is 25.8 Å². The number of aryl methyl sites for hydroxylation is 1. The number of hydrogen-bond acceptors (Lipinski definition) is 5. The maximum Gasteiger partial charge on any atom is 0.191 e. The molecule has 2 aromatic rings. The normalized spacial score (nSPS) is 16.9. The van der Waals surface area contributed by atoms with Gasteiger partial charge in [-0.25, -0.2) is 9.37 Å². The Kier molecular flexibility index (Phi) is 6.72. The molecule has 0 radical (unpaired) electrons. The molecule has 8 nitrogen and oxygen atoms in total. The van der Waals surface area contributed by atoms with Crippen LogP contribution in [0.3, 0.4) is 0 Å². The van der Waals surface area contributed by atoms with Crippen LogP contribution < -0.4 is 10.6 Å². The van der Waals surface area contributed by atoms with Crippen LogP contribution >= 0.6 is 0 Å². The zero-order chi connectivity index (χ0) is 19.1. The Labute approximate surface area is 158 Å². The fraction of sp³-hybridized carbons (Fsp3) is 0.500. The predicted molar refractivity (Wildman–Crippen MR) is 101 cm³/mol. The molecule has 0 amide bonds. The SMILES string of the molecule is CN=C(NCc1ncnn1C)NCC(c1cccc(F)c1)N1CCOCC1. The van der Waals surface area contributed by atoms with E-state index in [9.17, 15) is 4.39 Å². The van der Waals surface area contributed by atoms with Crippen LogP contribution in [0.25, 0.3) is 0 Å². The van der Waals surface area contributed by atoms with Crippen molar-refractivity contribution in [2.45, 2.75) is 12.6 Å². The fourth-order valence-corrected chi connectivity index (χ4v) is 3.12. The number of benzene rings is 1. The molecule has 2 N–H and O–H groups in total. The summed E-state index contributed by atoms with van der Waals surface area (Å²) in [5.41, 5.74) is 0.938. The van der Waals surface area contributed by atoms with Crippen LogP contribution in [0.1, 0.15) is 17.4 Å². The third-order valence-corrected chi connectivity index (χ3v) is 4.63. The Hall–Kier alpha value is -2.52. The van der Waals surface area contributed by atoms with Crippen LogP contribution in [0.15, 0.2) is 35.6 Å². The van der Waals surface area contributed by atoms with E-state index in [-0.39, 0.29) is 11.9 Å². The minimum Gasteiger partial charge on any atom is -0.379 e. The van der Waals surface area contributed by atoms with Gasteiger partial charge in [-0.05, 0) is 17.7 Å². The molecule has 1 atom stereocenters. The van der Waals surface area contributed by atoms with E-state index < -0.39 is 0 Å². The molecule has 0 spiro atoms. The van der Waals surface area contributed by atoms with Crippen LogP contribution in [-0.2, 0) is 18.3 Å². The molecule has 1 aliphatic heterocycles. The van der Waals surface area contributed by atoms with Crippen LogP contribution in [0.4, 0.5) is 4.39 Å². The highest BCUT2D eigenvalue weighted by molar-refractivity contribution is 5.79. The number of aliphatic imine (C=N–C) groups is 1. The first-order valence-electron chi connectivity index (χ1n) is 9.02. The highest BCUT2D eigenvalue weighted by Crippen LogP contribution is 2.22. The van der Waals surface area contributed by atoms with Gasteiger partial charge in [0, 0.05) is 33.7 Å². The summed E-state index contributed by atoms with van der Waals surface area (Å²) < 4.78 is 20.9. The summed E-state index contributed by atoms with van der Waals surface area (Å²) in [6.45, 7) is 4.11. The summed E-state index contributed by atoms with van der Waals surface area (Å²) in [6, 6.07) is 6.80. The second-order valence-corrected chi connectivity index (χ2v) is 6.33. The molecule has 1 fully saturated rings. The van der Waals surface area contributed by atoms with E-state index in [0.717, 1.165) is 24.5 Å². The average Bonchev–Trinajstić information content (AvgIpc) is 3.10. The van der Waals surface area contributed by atoms with Crippen molar-refractivity contribution in [1.82, 2.24) is 30.3 Å². The number of halogens is 1. The van der Waals surface area contributed by atoms with Gasteiger partial charge in [0.2, 0.25) is 0 Å². The monoisotopic (exact) mass is 375 g/mol. The lowest BCUT2D eigenvalue weighted by Crippen LogP contribution is -2.46. The van der Waals surface area contributed by atoms with Crippen molar-refractivity contribution in [2.24, 2.45) is 12.0 Å². The number of aromatic nitrogens is 3. The van der Waals surface area contributed by atoms with E-state index in [0.29, 0.717) is 32.3 Å². The molecule has 1 aliphatic rings. The molecule has 1 aromatic heterocycles. The zero-order valence-corrected chi connectivity index (χ0v) is 15.7. The third-order valence-electron chi connectivity index (χ3n) is 4.63. The topological polar surface area (TPSA) is 79.6 Å². The van der Waals surface area contributed by atoms with Crippen LogP contribution in [0.2, 0.25) is 0 Å². The molecule has 146 valence electrons. The van der Waals surface area contributed by atoms with Crippen LogP contribution in [-0.4, -0.2) is 65.5 Å². The zero-order valence-electron chi connectivity index (χ0n) is 15.7.